The molecular formula is C16H14O. The van der Waals surface area contributed by atoms with Crippen molar-refractivity contribution in [2.45, 2.75) is 6.61 Å². The zero-order valence-electron chi connectivity index (χ0n) is 9.60. The summed E-state index contributed by atoms with van der Waals surface area (Å²) in [6, 6.07) is 20.0. The number of hydrogen-bond donors (Lipinski definition) is 0. The fourth-order valence-corrected chi connectivity index (χ4v) is 1.45. The fourth-order valence-electron chi connectivity index (χ4n) is 1.45. The molecule has 0 spiro atoms. The van der Waals surface area contributed by atoms with Gasteiger partial charge in [0.2, 0.25) is 0 Å². The lowest BCUT2D eigenvalue weighted by molar-refractivity contribution is 0.153. The van der Waals surface area contributed by atoms with Crippen molar-refractivity contribution in [3.63, 3.8) is 0 Å². The molecule has 0 atom stereocenters. The highest BCUT2D eigenvalue weighted by Gasteiger charge is 1.89. The van der Waals surface area contributed by atoms with Crippen LogP contribution in [0, 0.1) is 11.8 Å². The predicted molar refractivity (Wildman–Crippen MR) is 69.4 cm³/mol. The molecule has 0 unspecified atom stereocenters. The molecule has 0 bridgehead atoms. The first-order valence-corrected chi connectivity index (χ1v) is 5.61. The van der Waals surface area contributed by atoms with Crippen molar-refractivity contribution in [3.05, 3.63) is 71.8 Å². The van der Waals surface area contributed by atoms with Gasteiger partial charge in [-0.05, 0) is 17.7 Å². The average molecular weight is 222 g/mol. The third-order valence-corrected chi connectivity index (χ3v) is 2.29. The Morgan fingerprint density at radius 2 is 1.47 bits per heavy atom. The summed E-state index contributed by atoms with van der Waals surface area (Å²) in [4.78, 5) is 0. The van der Waals surface area contributed by atoms with E-state index in [1.54, 1.807) is 0 Å². The normalized spacial score (nSPS) is 9.41. The van der Waals surface area contributed by atoms with E-state index in [0.717, 1.165) is 5.56 Å². The van der Waals surface area contributed by atoms with Crippen LogP contribution in [0.25, 0.3) is 0 Å². The Kier molecular flexibility index (Phi) is 4.39. The summed E-state index contributed by atoms with van der Waals surface area (Å²) >= 11 is 0. The van der Waals surface area contributed by atoms with Gasteiger partial charge in [-0.2, -0.15) is 0 Å². The molecule has 1 heteroatoms. The number of hydrogen-bond acceptors (Lipinski definition) is 1. The molecule has 0 radical (unpaired) electrons. The summed E-state index contributed by atoms with van der Waals surface area (Å²) in [5.74, 6) is 6.06. The molecular weight excluding hydrogens is 208 g/mol. The first kappa shape index (κ1) is 11.4. The number of rotatable bonds is 3. The maximum atomic E-state index is 5.47. The van der Waals surface area contributed by atoms with Gasteiger partial charge in [0.1, 0.15) is 6.61 Å². The van der Waals surface area contributed by atoms with Gasteiger partial charge < -0.3 is 4.74 Å². The first-order chi connectivity index (χ1) is 8.45. The Bertz CT molecular complexity index is 491. The smallest absolute Gasteiger partial charge is 0.108 e. The third kappa shape index (κ3) is 4.14. The largest absolute Gasteiger partial charge is 0.364 e. The van der Waals surface area contributed by atoms with Crippen molar-refractivity contribution in [1.82, 2.24) is 0 Å². The van der Waals surface area contributed by atoms with Crippen LogP contribution in [0.5, 0.6) is 0 Å². The maximum Gasteiger partial charge on any atom is 0.108 e. The maximum absolute atomic E-state index is 5.47. The van der Waals surface area contributed by atoms with Crippen molar-refractivity contribution in [1.29, 1.82) is 0 Å². The Labute approximate surface area is 102 Å². The molecule has 0 aliphatic heterocycles. The second kappa shape index (κ2) is 6.52. The van der Waals surface area contributed by atoms with Gasteiger partial charge in [0.25, 0.3) is 0 Å². The van der Waals surface area contributed by atoms with Gasteiger partial charge in [0.15, 0.2) is 0 Å². The fraction of sp³-hybridized carbons (Fsp3) is 0.125. The van der Waals surface area contributed by atoms with Crippen LogP contribution in [0.2, 0.25) is 0 Å². The molecule has 2 aromatic rings. The summed E-state index contributed by atoms with van der Waals surface area (Å²) in [6.07, 6.45) is 0. The molecule has 17 heavy (non-hydrogen) atoms. The van der Waals surface area contributed by atoms with Crippen LogP contribution < -0.4 is 0 Å². The molecule has 0 aliphatic rings. The molecule has 0 aromatic heterocycles. The molecule has 0 aliphatic carbocycles. The zero-order chi connectivity index (χ0) is 11.8. The summed E-state index contributed by atoms with van der Waals surface area (Å²) in [5.41, 5.74) is 2.20. The van der Waals surface area contributed by atoms with Crippen LogP contribution >= 0.6 is 0 Å². The number of benzene rings is 2. The molecule has 0 heterocycles. The van der Waals surface area contributed by atoms with Gasteiger partial charge in [-0.3, -0.25) is 0 Å². The Morgan fingerprint density at radius 3 is 2.18 bits per heavy atom. The van der Waals surface area contributed by atoms with Crippen LogP contribution in [0.1, 0.15) is 11.1 Å². The lowest BCUT2D eigenvalue weighted by Crippen LogP contribution is -1.92. The van der Waals surface area contributed by atoms with Gasteiger partial charge in [0, 0.05) is 5.56 Å². The quantitative estimate of drug-likeness (QED) is 0.572. The minimum Gasteiger partial charge on any atom is -0.364 e. The Balaban J connectivity index is 1.76. The highest BCUT2D eigenvalue weighted by atomic mass is 16.5. The van der Waals surface area contributed by atoms with Crippen molar-refractivity contribution in [2.75, 3.05) is 6.61 Å². The van der Waals surface area contributed by atoms with E-state index in [9.17, 15) is 0 Å². The average Bonchev–Trinajstić information content (AvgIpc) is 2.41. The summed E-state index contributed by atoms with van der Waals surface area (Å²) < 4.78 is 5.47. The van der Waals surface area contributed by atoms with Crippen LogP contribution in [0.15, 0.2) is 60.7 Å². The molecule has 2 rings (SSSR count). The monoisotopic (exact) mass is 222 g/mol. The highest BCUT2D eigenvalue weighted by Crippen LogP contribution is 2.00. The summed E-state index contributed by atoms with van der Waals surface area (Å²) in [5, 5.41) is 0. The van der Waals surface area contributed by atoms with E-state index in [1.165, 1.54) is 5.56 Å². The minimum atomic E-state index is 0.462. The minimum absolute atomic E-state index is 0.462. The van der Waals surface area contributed by atoms with E-state index in [0.29, 0.717) is 13.2 Å². The van der Waals surface area contributed by atoms with Gasteiger partial charge >= 0.3 is 0 Å². The van der Waals surface area contributed by atoms with Gasteiger partial charge in [-0.15, -0.1) is 0 Å². The third-order valence-electron chi connectivity index (χ3n) is 2.29. The Morgan fingerprint density at radius 1 is 0.824 bits per heavy atom. The van der Waals surface area contributed by atoms with Crippen molar-refractivity contribution >= 4 is 0 Å². The Hall–Kier alpha value is -2.04. The van der Waals surface area contributed by atoms with E-state index in [2.05, 4.69) is 11.8 Å². The van der Waals surface area contributed by atoms with Crippen LogP contribution in [-0.4, -0.2) is 6.61 Å². The summed E-state index contributed by atoms with van der Waals surface area (Å²) in [6.45, 7) is 1.08. The lowest BCUT2D eigenvalue weighted by atomic mass is 10.2. The molecule has 0 N–H and O–H groups in total. The van der Waals surface area contributed by atoms with Gasteiger partial charge in [-0.1, -0.05) is 60.4 Å². The van der Waals surface area contributed by atoms with Crippen molar-refractivity contribution in [2.24, 2.45) is 0 Å². The molecule has 84 valence electrons. The second-order valence-corrected chi connectivity index (χ2v) is 3.65. The van der Waals surface area contributed by atoms with Crippen LogP contribution in [-0.2, 0) is 11.3 Å². The zero-order valence-corrected chi connectivity index (χ0v) is 9.60. The molecule has 0 amide bonds. The molecule has 1 nitrogen and oxygen atoms in total. The van der Waals surface area contributed by atoms with Crippen molar-refractivity contribution < 1.29 is 4.74 Å². The van der Waals surface area contributed by atoms with Crippen LogP contribution in [0.3, 0.4) is 0 Å². The molecule has 0 saturated heterocycles. The van der Waals surface area contributed by atoms with E-state index < -0.39 is 0 Å². The van der Waals surface area contributed by atoms with E-state index >= 15 is 0 Å². The van der Waals surface area contributed by atoms with E-state index in [4.69, 9.17) is 4.74 Å². The van der Waals surface area contributed by atoms with E-state index in [-0.39, 0.29) is 0 Å². The highest BCUT2D eigenvalue weighted by molar-refractivity contribution is 5.33. The lowest BCUT2D eigenvalue weighted by Gasteiger charge is -1.99. The molecule has 0 fully saturated rings. The predicted octanol–water partition coefficient (Wildman–Crippen LogP) is 3.25. The van der Waals surface area contributed by atoms with Gasteiger partial charge in [-0.25, -0.2) is 0 Å². The first-order valence-electron chi connectivity index (χ1n) is 5.61. The standard InChI is InChI=1S/C16H14O/c1-3-8-15(9-4-1)12-7-13-17-14-16-10-5-2-6-11-16/h1-6,8-11H,13-14H2. The van der Waals surface area contributed by atoms with Crippen LogP contribution in [0.4, 0.5) is 0 Å². The number of ether oxygens (including phenoxy) is 1. The second-order valence-electron chi connectivity index (χ2n) is 3.65. The summed E-state index contributed by atoms with van der Waals surface area (Å²) in [7, 11) is 0. The van der Waals surface area contributed by atoms with Gasteiger partial charge in [0.05, 0.1) is 6.61 Å². The molecule has 2 aromatic carbocycles. The topological polar surface area (TPSA) is 9.23 Å². The van der Waals surface area contributed by atoms with Crippen molar-refractivity contribution in [3.8, 4) is 11.8 Å². The SMILES string of the molecule is C(#Cc1ccccc1)COCc1ccccc1. The van der Waals surface area contributed by atoms with E-state index in [1.807, 2.05) is 60.7 Å². The molecule has 0 saturated carbocycles.